The molecule has 0 aliphatic carbocycles. The van der Waals surface area contributed by atoms with Crippen LogP contribution in [0.25, 0.3) is 0 Å². The highest BCUT2D eigenvalue weighted by Crippen LogP contribution is 2.23. The molecule has 0 saturated heterocycles. The number of anilines is 1. The Morgan fingerprint density at radius 1 is 1.06 bits per heavy atom. The molecule has 1 aromatic heterocycles. The number of benzene rings is 1. The maximum absolute atomic E-state index is 6.29. The highest BCUT2D eigenvalue weighted by Gasteiger charge is 2.12. The zero-order chi connectivity index (χ0) is 13.1. The van der Waals surface area contributed by atoms with Crippen molar-refractivity contribution in [2.75, 3.05) is 19.0 Å². The van der Waals surface area contributed by atoms with E-state index in [1.807, 2.05) is 62.3 Å². The molecule has 0 fully saturated rings. The molecule has 0 bridgehead atoms. The van der Waals surface area contributed by atoms with Gasteiger partial charge in [-0.3, -0.25) is 0 Å². The standard InChI is InChI=1S/C15H19N3/c1-11-13(9-10-14(17-11)18(2)3)15(16)12-7-5-4-6-8-12/h4-10,15H,16H2,1-3H3. The summed E-state index contributed by atoms with van der Waals surface area (Å²) in [6.45, 7) is 2.01. The van der Waals surface area contributed by atoms with E-state index >= 15 is 0 Å². The molecule has 0 radical (unpaired) electrons. The van der Waals surface area contributed by atoms with Crippen LogP contribution in [0.3, 0.4) is 0 Å². The third-order valence-electron chi connectivity index (χ3n) is 3.06. The van der Waals surface area contributed by atoms with Crippen molar-refractivity contribution >= 4 is 5.82 Å². The molecule has 94 valence electrons. The van der Waals surface area contributed by atoms with E-state index in [-0.39, 0.29) is 6.04 Å². The predicted molar refractivity (Wildman–Crippen MR) is 75.8 cm³/mol. The zero-order valence-corrected chi connectivity index (χ0v) is 11.1. The Bertz CT molecular complexity index is 521. The molecule has 1 aromatic carbocycles. The van der Waals surface area contributed by atoms with Gasteiger partial charge in [0.05, 0.1) is 6.04 Å². The van der Waals surface area contributed by atoms with Gasteiger partial charge in [0.1, 0.15) is 5.82 Å². The zero-order valence-electron chi connectivity index (χ0n) is 11.1. The molecule has 2 aromatic rings. The largest absolute Gasteiger partial charge is 0.363 e. The molecule has 0 saturated carbocycles. The summed E-state index contributed by atoms with van der Waals surface area (Å²) in [7, 11) is 3.97. The summed E-state index contributed by atoms with van der Waals surface area (Å²) in [5, 5.41) is 0. The van der Waals surface area contributed by atoms with E-state index in [0.29, 0.717) is 0 Å². The second-order valence-electron chi connectivity index (χ2n) is 4.63. The van der Waals surface area contributed by atoms with Crippen molar-refractivity contribution in [1.82, 2.24) is 4.98 Å². The van der Waals surface area contributed by atoms with Gasteiger partial charge in [-0.15, -0.1) is 0 Å². The molecule has 3 heteroatoms. The summed E-state index contributed by atoms with van der Waals surface area (Å²) in [5.74, 6) is 0.955. The van der Waals surface area contributed by atoms with E-state index in [1.165, 1.54) is 0 Å². The maximum Gasteiger partial charge on any atom is 0.128 e. The molecule has 2 N–H and O–H groups in total. The molecule has 1 heterocycles. The average molecular weight is 241 g/mol. The van der Waals surface area contributed by atoms with Crippen LogP contribution < -0.4 is 10.6 Å². The molecule has 0 spiro atoms. The van der Waals surface area contributed by atoms with E-state index in [1.54, 1.807) is 0 Å². The minimum Gasteiger partial charge on any atom is -0.363 e. The molecule has 3 nitrogen and oxygen atoms in total. The predicted octanol–water partition coefficient (Wildman–Crippen LogP) is 2.50. The number of nitrogens with two attached hydrogens (primary N) is 1. The van der Waals surface area contributed by atoms with E-state index < -0.39 is 0 Å². The summed E-state index contributed by atoms with van der Waals surface area (Å²) in [6, 6.07) is 14.1. The van der Waals surface area contributed by atoms with Gasteiger partial charge < -0.3 is 10.6 Å². The van der Waals surface area contributed by atoms with Gasteiger partial charge >= 0.3 is 0 Å². The molecule has 0 amide bonds. The minimum atomic E-state index is -0.116. The van der Waals surface area contributed by atoms with Gasteiger partial charge in [0, 0.05) is 19.8 Å². The monoisotopic (exact) mass is 241 g/mol. The van der Waals surface area contributed by atoms with Crippen molar-refractivity contribution in [2.24, 2.45) is 5.73 Å². The van der Waals surface area contributed by atoms with Crippen LogP contribution in [0.1, 0.15) is 22.9 Å². The van der Waals surface area contributed by atoms with Crippen LogP contribution in [0, 0.1) is 6.92 Å². The van der Waals surface area contributed by atoms with E-state index in [4.69, 9.17) is 5.73 Å². The van der Waals surface area contributed by atoms with Crippen LogP contribution in [0.4, 0.5) is 5.82 Å². The first-order chi connectivity index (χ1) is 8.59. The fraction of sp³-hybridized carbons (Fsp3) is 0.267. The Kier molecular flexibility index (Phi) is 3.63. The van der Waals surface area contributed by atoms with Crippen molar-refractivity contribution in [3.8, 4) is 0 Å². The molecular weight excluding hydrogens is 222 g/mol. The highest BCUT2D eigenvalue weighted by atomic mass is 15.1. The maximum atomic E-state index is 6.29. The van der Waals surface area contributed by atoms with Gasteiger partial charge in [0.15, 0.2) is 0 Å². The first-order valence-corrected chi connectivity index (χ1v) is 6.05. The van der Waals surface area contributed by atoms with Crippen molar-refractivity contribution in [3.63, 3.8) is 0 Å². The lowest BCUT2D eigenvalue weighted by Gasteiger charge is -2.17. The smallest absolute Gasteiger partial charge is 0.128 e. The van der Waals surface area contributed by atoms with Crippen LogP contribution in [-0.4, -0.2) is 19.1 Å². The number of pyridine rings is 1. The Morgan fingerprint density at radius 3 is 2.28 bits per heavy atom. The normalized spacial score (nSPS) is 12.2. The summed E-state index contributed by atoms with van der Waals surface area (Å²) >= 11 is 0. The lowest BCUT2D eigenvalue weighted by atomic mass is 9.98. The van der Waals surface area contributed by atoms with Crippen molar-refractivity contribution in [3.05, 3.63) is 59.3 Å². The molecule has 0 aliphatic heterocycles. The second kappa shape index (κ2) is 5.19. The van der Waals surface area contributed by atoms with Crippen LogP contribution in [0.5, 0.6) is 0 Å². The van der Waals surface area contributed by atoms with Crippen molar-refractivity contribution in [2.45, 2.75) is 13.0 Å². The van der Waals surface area contributed by atoms with Crippen molar-refractivity contribution in [1.29, 1.82) is 0 Å². The number of nitrogens with zero attached hydrogens (tertiary/aromatic N) is 2. The van der Waals surface area contributed by atoms with Crippen LogP contribution in [0.15, 0.2) is 42.5 Å². The van der Waals surface area contributed by atoms with Gasteiger partial charge in [0.25, 0.3) is 0 Å². The topological polar surface area (TPSA) is 42.2 Å². The van der Waals surface area contributed by atoms with Gasteiger partial charge in [-0.1, -0.05) is 36.4 Å². The Morgan fingerprint density at radius 2 is 1.72 bits per heavy atom. The van der Waals surface area contributed by atoms with Crippen LogP contribution >= 0.6 is 0 Å². The molecule has 1 atom stereocenters. The van der Waals surface area contributed by atoms with E-state index in [0.717, 1.165) is 22.6 Å². The number of aryl methyl sites for hydroxylation is 1. The van der Waals surface area contributed by atoms with Crippen molar-refractivity contribution < 1.29 is 0 Å². The van der Waals surface area contributed by atoms with Gasteiger partial charge in [-0.25, -0.2) is 4.98 Å². The van der Waals surface area contributed by atoms with Crippen LogP contribution in [0.2, 0.25) is 0 Å². The lowest BCUT2D eigenvalue weighted by molar-refractivity contribution is 0.845. The number of aromatic nitrogens is 1. The Labute approximate surface area is 108 Å². The molecule has 0 aliphatic rings. The number of rotatable bonds is 3. The fourth-order valence-electron chi connectivity index (χ4n) is 1.98. The van der Waals surface area contributed by atoms with Gasteiger partial charge in [-0.05, 0) is 24.1 Å². The minimum absolute atomic E-state index is 0.116. The summed E-state index contributed by atoms with van der Waals surface area (Å²) in [5.41, 5.74) is 9.46. The van der Waals surface area contributed by atoms with E-state index in [2.05, 4.69) is 11.1 Å². The Balaban J connectivity index is 2.34. The summed E-state index contributed by atoms with van der Waals surface area (Å²) in [4.78, 5) is 6.56. The van der Waals surface area contributed by atoms with E-state index in [9.17, 15) is 0 Å². The third kappa shape index (κ3) is 2.51. The summed E-state index contributed by atoms with van der Waals surface area (Å²) < 4.78 is 0. The van der Waals surface area contributed by atoms with Gasteiger partial charge in [-0.2, -0.15) is 0 Å². The van der Waals surface area contributed by atoms with Gasteiger partial charge in [0.2, 0.25) is 0 Å². The first-order valence-electron chi connectivity index (χ1n) is 6.05. The highest BCUT2D eigenvalue weighted by molar-refractivity contribution is 5.43. The third-order valence-corrected chi connectivity index (χ3v) is 3.06. The molecule has 18 heavy (non-hydrogen) atoms. The molecular formula is C15H19N3. The fourth-order valence-corrected chi connectivity index (χ4v) is 1.98. The molecule has 1 unspecified atom stereocenters. The SMILES string of the molecule is Cc1nc(N(C)C)ccc1C(N)c1ccccc1. The second-order valence-corrected chi connectivity index (χ2v) is 4.63. The summed E-state index contributed by atoms with van der Waals surface area (Å²) in [6.07, 6.45) is 0. The Hall–Kier alpha value is -1.87. The lowest BCUT2D eigenvalue weighted by Crippen LogP contribution is -2.16. The number of hydrogen-bond acceptors (Lipinski definition) is 3. The number of hydrogen-bond donors (Lipinski definition) is 1. The quantitative estimate of drug-likeness (QED) is 0.897. The average Bonchev–Trinajstić information content (AvgIpc) is 2.38. The first kappa shape index (κ1) is 12.6. The van der Waals surface area contributed by atoms with Crippen LogP contribution in [-0.2, 0) is 0 Å². The molecule has 2 rings (SSSR count).